The second-order valence-corrected chi connectivity index (χ2v) is 4.93. The predicted molar refractivity (Wildman–Crippen MR) is 72.2 cm³/mol. The topological polar surface area (TPSA) is 37.0 Å². The van der Waals surface area contributed by atoms with Gasteiger partial charge in [0, 0.05) is 18.3 Å². The van der Waals surface area contributed by atoms with Crippen molar-refractivity contribution in [1.29, 1.82) is 0 Å². The molecule has 3 nitrogen and oxygen atoms in total. The fourth-order valence-electron chi connectivity index (χ4n) is 2.19. The van der Waals surface area contributed by atoms with Gasteiger partial charge in [-0.05, 0) is 44.4 Å². The minimum absolute atomic E-state index is 0.487. The number of anilines is 1. The van der Waals surface area contributed by atoms with E-state index in [4.69, 9.17) is 0 Å². The van der Waals surface area contributed by atoms with Gasteiger partial charge in [-0.3, -0.25) is 0 Å². The molecule has 1 saturated heterocycles. The average Bonchev–Trinajstić information content (AvgIpc) is 2.40. The standard InChI is InChI=1S/C14H23N3/c1-3-11(2)17-14-8-7-12(10-16-14)13-6-4-5-9-15-13/h7-8,10-11,13,15H,3-6,9H2,1-2H3,(H,16,17)/t11-,13+/m1/s1. The van der Waals surface area contributed by atoms with Crippen molar-refractivity contribution in [2.45, 2.75) is 51.6 Å². The number of pyridine rings is 1. The minimum Gasteiger partial charge on any atom is -0.368 e. The molecule has 0 aliphatic carbocycles. The molecule has 94 valence electrons. The maximum atomic E-state index is 4.49. The minimum atomic E-state index is 0.487. The third-order valence-corrected chi connectivity index (χ3v) is 3.51. The van der Waals surface area contributed by atoms with E-state index in [1.165, 1.54) is 24.8 Å². The van der Waals surface area contributed by atoms with Crippen molar-refractivity contribution in [2.24, 2.45) is 0 Å². The van der Waals surface area contributed by atoms with Gasteiger partial charge in [0.25, 0.3) is 0 Å². The fourth-order valence-corrected chi connectivity index (χ4v) is 2.19. The fraction of sp³-hybridized carbons (Fsp3) is 0.643. The number of nitrogens with one attached hydrogen (secondary N) is 2. The molecule has 1 aliphatic rings. The van der Waals surface area contributed by atoms with Crippen LogP contribution >= 0.6 is 0 Å². The van der Waals surface area contributed by atoms with Crippen molar-refractivity contribution in [3.8, 4) is 0 Å². The van der Waals surface area contributed by atoms with Crippen LogP contribution in [-0.4, -0.2) is 17.6 Å². The van der Waals surface area contributed by atoms with Crippen molar-refractivity contribution < 1.29 is 0 Å². The van der Waals surface area contributed by atoms with Gasteiger partial charge in [-0.25, -0.2) is 4.98 Å². The van der Waals surface area contributed by atoms with Crippen LogP contribution in [0.1, 0.15) is 51.1 Å². The van der Waals surface area contributed by atoms with Gasteiger partial charge in [0.1, 0.15) is 5.82 Å². The van der Waals surface area contributed by atoms with Gasteiger partial charge in [0.05, 0.1) is 0 Å². The van der Waals surface area contributed by atoms with E-state index in [1.54, 1.807) is 0 Å². The molecule has 1 aliphatic heterocycles. The van der Waals surface area contributed by atoms with E-state index < -0.39 is 0 Å². The van der Waals surface area contributed by atoms with Crippen molar-refractivity contribution >= 4 is 5.82 Å². The van der Waals surface area contributed by atoms with Crippen LogP contribution in [0.2, 0.25) is 0 Å². The Balaban J connectivity index is 1.97. The molecule has 0 saturated carbocycles. The Morgan fingerprint density at radius 1 is 1.47 bits per heavy atom. The molecule has 2 rings (SSSR count). The van der Waals surface area contributed by atoms with Crippen LogP contribution in [0.5, 0.6) is 0 Å². The molecule has 3 heteroatoms. The maximum absolute atomic E-state index is 4.49. The molecule has 0 aromatic carbocycles. The Morgan fingerprint density at radius 3 is 2.94 bits per heavy atom. The molecule has 1 aromatic heterocycles. The van der Waals surface area contributed by atoms with Gasteiger partial charge in [0.15, 0.2) is 0 Å². The summed E-state index contributed by atoms with van der Waals surface area (Å²) in [5, 5.41) is 6.94. The van der Waals surface area contributed by atoms with Gasteiger partial charge in [-0.2, -0.15) is 0 Å². The number of rotatable bonds is 4. The molecule has 0 unspecified atom stereocenters. The first-order valence-corrected chi connectivity index (χ1v) is 6.75. The number of hydrogen-bond donors (Lipinski definition) is 2. The molecule has 2 N–H and O–H groups in total. The third kappa shape index (κ3) is 3.43. The molecular weight excluding hydrogens is 210 g/mol. The highest BCUT2D eigenvalue weighted by molar-refractivity contribution is 5.37. The molecule has 1 fully saturated rings. The van der Waals surface area contributed by atoms with E-state index in [0.29, 0.717) is 12.1 Å². The van der Waals surface area contributed by atoms with Crippen molar-refractivity contribution in [3.63, 3.8) is 0 Å². The Morgan fingerprint density at radius 2 is 2.35 bits per heavy atom. The molecule has 17 heavy (non-hydrogen) atoms. The van der Waals surface area contributed by atoms with E-state index in [1.807, 2.05) is 6.20 Å². The maximum Gasteiger partial charge on any atom is 0.126 e. The number of hydrogen-bond acceptors (Lipinski definition) is 3. The van der Waals surface area contributed by atoms with Crippen molar-refractivity contribution in [1.82, 2.24) is 10.3 Å². The summed E-state index contributed by atoms with van der Waals surface area (Å²) < 4.78 is 0. The first kappa shape index (κ1) is 12.4. The van der Waals surface area contributed by atoms with Crippen LogP contribution < -0.4 is 10.6 Å². The van der Waals surface area contributed by atoms with Crippen LogP contribution in [0, 0.1) is 0 Å². The smallest absolute Gasteiger partial charge is 0.126 e. The second kappa shape index (κ2) is 6.01. The van der Waals surface area contributed by atoms with E-state index in [2.05, 4.69) is 41.6 Å². The van der Waals surface area contributed by atoms with Crippen LogP contribution in [0.3, 0.4) is 0 Å². The number of piperidine rings is 1. The monoisotopic (exact) mass is 233 g/mol. The summed E-state index contributed by atoms with van der Waals surface area (Å²) >= 11 is 0. The molecular formula is C14H23N3. The molecule has 0 amide bonds. The molecule has 0 radical (unpaired) electrons. The van der Waals surface area contributed by atoms with Crippen LogP contribution in [-0.2, 0) is 0 Å². The molecule has 2 atom stereocenters. The highest BCUT2D eigenvalue weighted by atomic mass is 15.0. The summed E-state index contributed by atoms with van der Waals surface area (Å²) in [5.74, 6) is 0.985. The van der Waals surface area contributed by atoms with E-state index in [0.717, 1.165) is 18.8 Å². The molecule has 2 heterocycles. The normalized spacial score (nSPS) is 22.1. The first-order valence-electron chi connectivity index (χ1n) is 6.75. The Labute approximate surface area is 104 Å². The zero-order chi connectivity index (χ0) is 12.1. The lowest BCUT2D eigenvalue weighted by molar-refractivity contribution is 0.411. The van der Waals surface area contributed by atoms with Crippen molar-refractivity contribution in [3.05, 3.63) is 23.9 Å². The molecule has 0 bridgehead atoms. The predicted octanol–water partition coefficient (Wildman–Crippen LogP) is 3.11. The lowest BCUT2D eigenvalue weighted by atomic mass is 9.99. The Hall–Kier alpha value is -1.09. The Kier molecular flexibility index (Phi) is 4.37. The van der Waals surface area contributed by atoms with E-state index in [-0.39, 0.29) is 0 Å². The largest absolute Gasteiger partial charge is 0.368 e. The van der Waals surface area contributed by atoms with Gasteiger partial charge in [-0.1, -0.05) is 19.4 Å². The van der Waals surface area contributed by atoms with Gasteiger partial charge in [-0.15, -0.1) is 0 Å². The second-order valence-electron chi connectivity index (χ2n) is 4.93. The summed E-state index contributed by atoms with van der Waals surface area (Å²) in [6, 6.07) is 5.29. The SMILES string of the molecule is CC[C@@H](C)Nc1ccc([C@@H]2CCCCN2)cn1. The summed E-state index contributed by atoms with van der Waals surface area (Å²) in [6.07, 6.45) is 6.99. The van der Waals surface area contributed by atoms with Gasteiger partial charge in [0.2, 0.25) is 0 Å². The van der Waals surface area contributed by atoms with Crippen LogP contribution in [0.4, 0.5) is 5.82 Å². The average molecular weight is 233 g/mol. The number of nitrogens with zero attached hydrogens (tertiary/aromatic N) is 1. The van der Waals surface area contributed by atoms with E-state index in [9.17, 15) is 0 Å². The lowest BCUT2D eigenvalue weighted by Crippen LogP contribution is -2.26. The third-order valence-electron chi connectivity index (χ3n) is 3.51. The molecule has 1 aromatic rings. The number of aromatic nitrogens is 1. The van der Waals surface area contributed by atoms with Gasteiger partial charge < -0.3 is 10.6 Å². The highest BCUT2D eigenvalue weighted by Crippen LogP contribution is 2.22. The summed E-state index contributed by atoms with van der Waals surface area (Å²) in [7, 11) is 0. The zero-order valence-electron chi connectivity index (χ0n) is 10.9. The van der Waals surface area contributed by atoms with Crippen molar-refractivity contribution in [2.75, 3.05) is 11.9 Å². The summed E-state index contributed by atoms with van der Waals surface area (Å²) in [6.45, 7) is 5.49. The summed E-state index contributed by atoms with van der Waals surface area (Å²) in [5.41, 5.74) is 1.32. The highest BCUT2D eigenvalue weighted by Gasteiger charge is 2.14. The van der Waals surface area contributed by atoms with Gasteiger partial charge >= 0.3 is 0 Å². The van der Waals surface area contributed by atoms with E-state index >= 15 is 0 Å². The van der Waals surface area contributed by atoms with Crippen LogP contribution in [0.15, 0.2) is 18.3 Å². The zero-order valence-corrected chi connectivity index (χ0v) is 10.9. The molecule has 0 spiro atoms. The Bertz CT molecular complexity index is 328. The summed E-state index contributed by atoms with van der Waals surface area (Å²) in [4.78, 5) is 4.49. The van der Waals surface area contributed by atoms with Crippen LogP contribution in [0.25, 0.3) is 0 Å². The first-order chi connectivity index (χ1) is 8.29. The lowest BCUT2D eigenvalue weighted by Gasteiger charge is -2.23. The quantitative estimate of drug-likeness (QED) is 0.839.